The highest BCUT2D eigenvalue weighted by Crippen LogP contribution is 2.27. The van der Waals surface area contributed by atoms with E-state index in [2.05, 4.69) is 5.32 Å². The number of nitrogens with zero attached hydrogens (tertiary/aromatic N) is 1. The number of benzene rings is 1. The summed E-state index contributed by atoms with van der Waals surface area (Å²) in [7, 11) is 0. The number of carboxylic acid groups (broad SMARTS) is 1. The molecule has 0 radical (unpaired) electrons. The monoisotopic (exact) mass is 296 g/mol. The zero-order chi connectivity index (χ0) is 15.7. The molecule has 0 saturated heterocycles. The highest BCUT2D eigenvalue weighted by Gasteiger charge is 2.18. The van der Waals surface area contributed by atoms with Crippen LogP contribution in [-0.4, -0.2) is 27.9 Å². The van der Waals surface area contributed by atoms with Gasteiger partial charge < -0.3 is 14.8 Å². The number of rotatable bonds is 4. The molecule has 112 valence electrons. The Bertz CT molecular complexity index is 880. The van der Waals surface area contributed by atoms with Crippen LogP contribution in [0.2, 0.25) is 0 Å². The normalized spacial score (nSPS) is 11.0. The van der Waals surface area contributed by atoms with Crippen LogP contribution in [0.25, 0.3) is 16.4 Å². The molecule has 2 heterocycles. The van der Waals surface area contributed by atoms with Crippen LogP contribution in [0.3, 0.4) is 0 Å². The van der Waals surface area contributed by atoms with E-state index in [0.29, 0.717) is 23.0 Å². The molecular weight excluding hydrogens is 280 g/mol. The van der Waals surface area contributed by atoms with Gasteiger partial charge in [-0.3, -0.25) is 4.79 Å². The van der Waals surface area contributed by atoms with Gasteiger partial charge in [0.1, 0.15) is 0 Å². The summed E-state index contributed by atoms with van der Waals surface area (Å²) in [5, 5.41) is 12.9. The minimum atomic E-state index is -0.970. The molecule has 3 rings (SSSR count). The predicted octanol–water partition coefficient (Wildman–Crippen LogP) is 2.93. The van der Waals surface area contributed by atoms with E-state index in [9.17, 15) is 14.7 Å². The summed E-state index contributed by atoms with van der Waals surface area (Å²) in [6, 6.07) is 10.5. The number of carbonyl (C=O) groups is 2. The number of hydrogen-bond donors (Lipinski definition) is 2. The Kier molecular flexibility index (Phi) is 3.55. The Hall–Kier alpha value is -2.82. The number of aromatic carboxylic acids is 1. The number of amides is 1. The van der Waals surface area contributed by atoms with Crippen LogP contribution in [0.4, 0.5) is 0 Å². The lowest BCUT2D eigenvalue weighted by atomic mass is 10.1. The van der Waals surface area contributed by atoms with Crippen molar-refractivity contribution in [3.05, 3.63) is 53.7 Å². The van der Waals surface area contributed by atoms with Crippen LogP contribution < -0.4 is 5.32 Å². The van der Waals surface area contributed by atoms with Gasteiger partial charge in [0.15, 0.2) is 0 Å². The number of carboxylic acids is 1. The summed E-state index contributed by atoms with van der Waals surface area (Å²) in [5.74, 6) is -1.12. The van der Waals surface area contributed by atoms with Crippen molar-refractivity contribution < 1.29 is 14.7 Å². The molecule has 0 spiro atoms. The number of nitrogens with one attached hydrogen (secondary N) is 1. The number of carbonyl (C=O) groups excluding carboxylic acids is 1. The van der Waals surface area contributed by atoms with Gasteiger partial charge in [-0.25, -0.2) is 4.79 Å². The standard InChI is InChI=1S/C17H16N2O3/c1-2-8-18-16(20)11-6-7-12-14(10-11)19-9-4-3-5-13(19)15(12)17(21)22/h3-7,9-10H,2,8H2,1H3,(H,18,20)(H,21,22). The van der Waals surface area contributed by atoms with Gasteiger partial charge in [0.2, 0.25) is 0 Å². The molecule has 5 nitrogen and oxygen atoms in total. The van der Waals surface area contributed by atoms with E-state index >= 15 is 0 Å². The van der Waals surface area contributed by atoms with Crippen molar-refractivity contribution in [1.29, 1.82) is 0 Å². The molecule has 5 heteroatoms. The molecule has 0 unspecified atom stereocenters. The lowest BCUT2D eigenvalue weighted by Gasteiger charge is -2.04. The average molecular weight is 296 g/mol. The summed E-state index contributed by atoms with van der Waals surface area (Å²) >= 11 is 0. The highest BCUT2D eigenvalue weighted by molar-refractivity contribution is 6.12. The average Bonchev–Trinajstić information content (AvgIpc) is 2.86. The zero-order valence-corrected chi connectivity index (χ0v) is 12.2. The topological polar surface area (TPSA) is 70.8 Å². The van der Waals surface area contributed by atoms with Gasteiger partial charge in [-0.1, -0.05) is 19.1 Å². The predicted molar refractivity (Wildman–Crippen MR) is 84.5 cm³/mol. The van der Waals surface area contributed by atoms with Gasteiger partial charge in [0, 0.05) is 23.7 Å². The third-order valence-corrected chi connectivity index (χ3v) is 3.65. The number of hydrogen-bond acceptors (Lipinski definition) is 2. The molecule has 0 atom stereocenters. The molecule has 2 N–H and O–H groups in total. The molecular formula is C17H16N2O3. The quantitative estimate of drug-likeness (QED) is 0.777. The van der Waals surface area contributed by atoms with E-state index in [1.54, 1.807) is 40.9 Å². The Morgan fingerprint density at radius 1 is 1.18 bits per heavy atom. The number of aromatic nitrogens is 1. The van der Waals surface area contributed by atoms with E-state index in [-0.39, 0.29) is 11.5 Å². The zero-order valence-electron chi connectivity index (χ0n) is 12.2. The van der Waals surface area contributed by atoms with Gasteiger partial charge in [0.25, 0.3) is 5.91 Å². The minimum Gasteiger partial charge on any atom is -0.478 e. The molecule has 0 aliphatic heterocycles. The van der Waals surface area contributed by atoms with Crippen LogP contribution in [0, 0.1) is 0 Å². The Morgan fingerprint density at radius 2 is 2.00 bits per heavy atom. The van der Waals surface area contributed by atoms with Crippen LogP contribution in [0.15, 0.2) is 42.6 Å². The van der Waals surface area contributed by atoms with Gasteiger partial charge in [-0.2, -0.15) is 0 Å². The fraction of sp³-hybridized carbons (Fsp3) is 0.176. The summed E-state index contributed by atoms with van der Waals surface area (Å²) in [6.45, 7) is 2.61. The summed E-state index contributed by atoms with van der Waals surface area (Å²) in [5.41, 5.74) is 2.13. The second kappa shape index (κ2) is 5.52. The van der Waals surface area contributed by atoms with E-state index in [4.69, 9.17) is 0 Å². The summed E-state index contributed by atoms with van der Waals surface area (Å²) in [4.78, 5) is 23.6. The van der Waals surface area contributed by atoms with Crippen LogP contribution >= 0.6 is 0 Å². The highest BCUT2D eigenvalue weighted by atomic mass is 16.4. The minimum absolute atomic E-state index is 0.147. The second-order valence-corrected chi connectivity index (χ2v) is 5.12. The third kappa shape index (κ3) is 2.20. The first kappa shape index (κ1) is 14.1. The van der Waals surface area contributed by atoms with Crippen LogP contribution in [0.5, 0.6) is 0 Å². The molecule has 3 aromatic rings. The van der Waals surface area contributed by atoms with Gasteiger partial charge in [-0.05, 0) is 30.7 Å². The maximum Gasteiger partial charge on any atom is 0.338 e. The largest absolute Gasteiger partial charge is 0.478 e. The van der Waals surface area contributed by atoms with E-state index < -0.39 is 5.97 Å². The Labute approximate surface area is 127 Å². The molecule has 1 amide bonds. The van der Waals surface area contributed by atoms with Crippen molar-refractivity contribution in [2.24, 2.45) is 0 Å². The molecule has 22 heavy (non-hydrogen) atoms. The van der Waals surface area contributed by atoms with Gasteiger partial charge in [-0.15, -0.1) is 0 Å². The van der Waals surface area contributed by atoms with Crippen molar-refractivity contribution in [2.75, 3.05) is 6.54 Å². The lowest BCUT2D eigenvalue weighted by Crippen LogP contribution is -2.23. The van der Waals surface area contributed by atoms with Crippen LogP contribution in [0.1, 0.15) is 34.1 Å². The smallest absolute Gasteiger partial charge is 0.338 e. The second-order valence-electron chi connectivity index (χ2n) is 5.12. The van der Waals surface area contributed by atoms with Crippen molar-refractivity contribution >= 4 is 28.3 Å². The lowest BCUT2D eigenvalue weighted by molar-refractivity contribution is 0.0701. The van der Waals surface area contributed by atoms with E-state index in [1.165, 1.54) is 0 Å². The Morgan fingerprint density at radius 3 is 2.73 bits per heavy atom. The first-order valence-electron chi connectivity index (χ1n) is 7.17. The van der Waals surface area contributed by atoms with E-state index in [1.807, 2.05) is 13.0 Å². The van der Waals surface area contributed by atoms with E-state index in [0.717, 1.165) is 11.9 Å². The number of pyridine rings is 1. The molecule has 0 fully saturated rings. The van der Waals surface area contributed by atoms with Gasteiger partial charge >= 0.3 is 5.97 Å². The molecule has 0 aliphatic carbocycles. The summed E-state index contributed by atoms with van der Waals surface area (Å²) in [6.07, 6.45) is 2.67. The van der Waals surface area contributed by atoms with Crippen molar-refractivity contribution in [1.82, 2.24) is 9.72 Å². The van der Waals surface area contributed by atoms with Crippen molar-refractivity contribution in [2.45, 2.75) is 13.3 Å². The third-order valence-electron chi connectivity index (χ3n) is 3.65. The molecule has 0 bridgehead atoms. The molecule has 0 aliphatic rings. The van der Waals surface area contributed by atoms with Crippen molar-refractivity contribution in [3.63, 3.8) is 0 Å². The first-order chi connectivity index (χ1) is 10.6. The molecule has 2 aromatic heterocycles. The van der Waals surface area contributed by atoms with Gasteiger partial charge in [0.05, 0.1) is 16.6 Å². The maximum absolute atomic E-state index is 12.1. The molecule has 0 saturated carbocycles. The molecule has 1 aromatic carbocycles. The maximum atomic E-state index is 12.1. The fourth-order valence-corrected chi connectivity index (χ4v) is 2.64. The first-order valence-corrected chi connectivity index (χ1v) is 7.17. The van der Waals surface area contributed by atoms with Crippen molar-refractivity contribution in [3.8, 4) is 0 Å². The summed E-state index contributed by atoms with van der Waals surface area (Å²) < 4.78 is 1.80. The fourth-order valence-electron chi connectivity index (χ4n) is 2.64. The SMILES string of the molecule is CCCNC(=O)c1ccc2c(C(=O)O)c3ccccn3c2c1. The number of fused-ring (bicyclic) bond motifs is 3. The Balaban J connectivity index is 2.22. The van der Waals surface area contributed by atoms with Crippen LogP contribution in [-0.2, 0) is 0 Å².